The summed E-state index contributed by atoms with van der Waals surface area (Å²) in [5, 5.41) is 3.84. The Morgan fingerprint density at radius 1 is 1.19 bits per heavy atom. The van der Waals surface area contributed by atoms with E-state index in [1.807, 2.05) is 44.2 Å². The molecule has 5 N–H and O–H groups in total. The number of nitrogens with two attached hydrogens (primary N) is 2. The topological polar surface area (TPSA) is 112 Å². The minimum atomic E-state index is -0.0506. The van der Waals surface area contributed by atoms with Crippen LogP contribution in [0.5, 0.6) is 0 Å². The zero-order chi connectivity index (χ0) is 18.7. The molecule has 0 fully saturated rings. The van der Waals surface area contributed by atoms with Gasteiger partial charge in [-0.3, -0.25) is 4.79 Å². The molecule has 2 aromatic heterocycles. The number of nitrogen functional groups attached to an aromatic ring is 1. The number of aromatic nitrogens is 3. The second kappa shape index (κ2) is 7.53. The molecule has 0 aliphatic rings. The van der Waals surface area contributed by atoms with E-state index in [1.54, 1.807) is 4.68 Å². The number of fused-ring (bicyclic) bond motifs is 1. The Kier molecular flexibility index (Phi) is 5.18. The van der Waals surface area contributed by atoms with Gasteiger partial charge in [-0.25, -0.2) is 14.6 Å². The molecule has 7 nitrogen and oxygen atoms in total. The summed E-state index contributed by atoms with van der Waals surface area (Å²) in [4.78, 5) is 21.1. The van der Waals surface area contributed by atoms with Gasteiger partial charge in [0.1, 0.15) is 0 Å². The highest BCUT2D eigenvalue weighted by Crippen LogP contribution is 2.27. The van der Waals surface area contributed by atoms with Crippen molar-refractivity contribution in [1.29, 1.82) is 0 Å². The SMILES string of the molecule is Cc1c(C)n(N)c2nc(-c3ccccc3)nc(CCNC(=O)CCN)c12. The number of hydrogen-bond donors (Lipinski definition) is 3. The van der Waals surface area contributed by atoms with Crippen molar-refractivity contribution in [2.24, 2.45) is 5.73 Å². The van der Waals surface area contributed by atoms with Crippen LogP contribution in [-0.2, 0) is 11.2 Å². The van der Waals surface area contributed by atoms with Gasteiger partial charge >= 0.3 is 0 Å². The first kappa shape index (κ1) is 17.9. The van der Waals surface area contributed by atoms with Gasteiger partial charge in [0.2, 0.25) is 5.91 Å². The molecule has 0 atom stereocenters. The molecule has 136 valence electrons. The number of aryl methyl sites for hydroxylation is 1. The molecular weight excluding hydrogens is 328 g/mol. The van der Waals surface area contributed by atoms with Crippen molar-refractivity contribution in [1.82, 2.24) is 20.0 Å². The third-order valence-corrected chi connectivity index (χ3v) is 4.56. The van der Waals surface area contributed by atoms with E-state index in [-0.39, 0.29) is 5.91 Å². The minimum absolute atomic E-state index is 0.0506. The lowest BCUT2D eigenvalue weighted by molar-refractivity contribution is -0.120. The van der Waals surface area contributed by atoms with Crippen LogP contribution in [-0.4, -0.2) is 33.6 Å². The fourth-order valence-electron chi connectivity index (χ4n) is 3.01. The summed E-state index contributed by atoms with van der Waals surface area (Å²) < 4.78 is 1.61. The van der Waals surface area contributed by atoms with Gasteiger partial charge in [-0.2, -0.15) is 0 Å². The molecule has 7 heteroatoms. The van der Waals surface area contributed by atoms with Crippen LogP contribution >= 0.6 is 0 Å². The Morgan fingerprint density at radius 3 is 2.62 bits per heavy atom. The first-order valence-electron chi connectivity index (χ1n) is 8.68. The predicted octanol–water partition coefficient (Wildman–Crippen LogP) is 1.44. The van der Waals surface area contributed by atoms with Crippen LogP contribution in [0.1, 0.15) is 23.4 Å². The Labute approximate surface area is 152 Å². The maximum absolute atomic E-state index is 11.7. The van der Waals surface area contributed by atoms with E-state index in [0.717, 1.165) is 27.9 Å². The maximum Gasteiger partial charge on any atom is 0.221 e. The van der Waals surface area contributed by atoms with Crippen molar-refractivity contribution in [3.63, 3.8) is 0 Å². The van der Waals surface area contributed by atoms with Gasteiger partial charge in [0, 0.05) is 42.6 Å². The highest BCUT2D eigenvalue weighted by molar-refractivity contribution is 5.86. The number of carbonyl (C=O) groups excluding carboxylic acids is 1. The molecule has 0 bridgehead atoms. The van der Waals surface area contributed by atoms with Crippen molar-refractivity contribution < 1.29 is 4.79 Å². The average Bonchev–Trinajstić information content (AvgIpc) is 2.87. The molecule has 3 rings (SSSR count). The van der Waals surface area contributed by atoms with Gasteiger partial charge in [-0.15, -0.1) is 0 Å². The van der Waals surface area contributed by atoms with Crippen molar-refractivity contribution in [3.05, 3.63) is 47.3 Å². The third kappa shape index (κ3) is 3.39. The maximum atomic E-state index is 11.7. The summed E-state index contributed by atoms with van der Waals surface area (Å²) in [6.07, 6.45) is 0.922. The van der Waals surface area contributed by atoms with E-state index in [0.29, 0.717) is 37.4 Å². The number of benzene rings is 1. The summed E-state index contributed by atoms with van der Waals surface area (Å²) >= 11 is 0. The monoisotopic (exact) mass is 352 g/mol. The lowest BCUT2D eigenvalue weighted by Crippen LogP contribution is -2.27. The van der Waals surface area contributed by atoms with Crippen molar-refractivity contribution in [3.8, 4) is 11.4 Å². The quantitative estimate of drug-likeness (QED) is 0.581. The molecule has 0 saturated heterocycles. The van der Waals surface area contributed by atoms with E-state index < -0.39 is 0 Å². The average molecular weight is 352 g/mol. The second-order valence-corrected chi connectivity index (χ2v) is 6.28. The van der Waals surface area contributed by atoms with Gasteiger partial charge in [0.05, 0.1) is 5.69 Å². The number of hydrogen-bond acceptors (Lipinski definition) is 5. The number of nitrogens with one attached hydrogen (secondary N) is 1. The Bertz CT molecular complexity index is 932. The third-order valence-electron chi connectivity index (χ3n) is 4.56. The second-order valence-electron chi connectivity index (χ2n) is 6.28. The fraction of sp³-hybridized carbons (Fsp3) is 0.316. The van der Waals surface area contributed by atoms with Crippen LogP contribution in [0.2, 0.25) is 0 Å². The van der Waals surface area contributed by atoms with Gasteiger partial charge in [-0.1, -0.05) is 30.3 Å². The van der Waals surface area contributed by atoms with Crippen LogP contribution < -0.4 is 16.9 Å². The van der Waals surface area contributed by atoms with Crippen LogP contribution in [0, 0.1) is 13.8 Å². The zero-order valence-electron chi connectivity index (χ0n) is 15.1. The van der Waals surface area contributed by atoms with Gasteiger partial charge < -0.3 is 16.9 Å². The fourth-order valence-corrected chi connectivity index (χ4v) is 3.01. The van der Waals surface area contributed by atoms with E-state index >= 15 is 0 Å². The van der Waals surface area contributed by atoms with Crippen molar-refractivity contribution >= 4 is 16.9 Å². The highest BCUT2D eigenvalue weighted by Gasteiger charge is 2.18. The molecule has 0 aliphatic carbocycles. The van der Waals surface area contributed by atoms with Gasteiger partial charge in [0.25, 0.3) is 0 Å². The summed E-state index contributed by atoms with van der Waals surface area (Å²) in [5.41, 5.74) is 9.94. The smallest absolute Gasteiger partial charge is 0.221 e. The van der Waals surface area contributed by atoms with E-state index in [9.17, 15) is 4.79 Å². The van der Waals surface area contributed by atoms with Crippen molar-refractivity contribution in [2.45, 2.75) is 26.7 Å². The minimum Gasteiger partial charge on any atom is -0.356 e. The van der Waals surface area contributed by atoms with E-state index in [4.69, 9.17) is 16.6 Å². The lowest BCUT2D eigenvalue weighted by atomic mass is 10.1. The number of rotatable bonds is 6. The molecule has 1 aromatic carbocycles. The zero-order valence-corrected chi connectivity index (χ0v) is 15.1. The van der Waals surface area contributed by atoms with Gasteiger partial charge in [0.15, 0.2) is 11.5 Å². The van der Waals surface area contributed by atoms with Crippen LogP contribution in [0.15, 0.2) is 30.3 Å². The summed E-state index contributed by atoms with van der Waals surface area (Å²) in [5.74, 6) is 6.79. The predicted molar refractivity (Wildman–Crippen MR) is 103 cm³/mol. The van der Waals surface area contributed by atoms with E-state index in [1.165, 1.54) is 0 Å². The molecule has 26 heavy (non-hydrogen) atoms. The van der Waals surface area contributed by atoms with Crippen LogP contribution in [0.3, 0.4) is 0 Å². The highest BCUT2D eigenvalue weighted by atomic mass is 16.1. The number of amides is 1. The molecule has 0 saturated carbocycles. The first-order chi connectivity index (χ1) is 12.5. The molecule has 1 amide bonds. The molecular formula is C19H24N6O. The Balaban J connectivity index is 2.01. The summed E-state index contributed by atoms with van der Waals surface area (Å²) in [6.45, 7) is 4.82. The van der Waals surface area contributed by atoms with Gasteiger partial charge in [-0.05, 0) is 19.4 Å². The first-order valence-corrected chi connectivity index (χ1v) is 8.68. The standard InChI is InChI=1S/C19H24N6O/c1-12-13(2)25(21)19-17(12)15(9-11-22-16(26)8-10-20)23-18(24-19)14-6-4-3-5-7-14/h3-7H,8-11,20-21H2,1-2H3,(H,22,26). The molecule has 0 spiro atoms. The molecule has 0 unspecified atom stereocenters. The summed E-state index contributed by atoms with van der Waals surface area (Å²) in [7, 11) is 0. The molecule has 2 heterocycles. The Hall–Kier alpha value is -2.93. The number of nitrogens with zero attached hydrogens (tertiary/aromatic N) is 3. The molecule has 3 aromatic rings. The van der Waals surface area contributed by atoms with Crippen molar-refractivity contribution in [2.75, 3.05) is 18.9 Å². The number of carbonyl (C=O) groups is 1. The van der Waals surface area contributed by atoms with Crippen LogP contribution in [0.4, 0.5) is 0 Å². The van der Waals surface area contributed by atoms with E-state index in [2.05, 4.69) is 10.3 Å². The van der Waals surface area contributed by atoms with Crippen LogP contribution in [0.25, 0.3) is 22.4 Å². The largest absolute Gasteiger partial charge is 0.356 e. The molecule has 0 radical (unpaired) electrons. The normalized spacial score (nSPS) is 11.0. The summed E-state index contributed by atoms with van der Waals surface area (Å²) in [6, 6.07) is 9.80. The molecule has 0 aliphatic heterocycles. The Morgan fingerprint density at radius 2 is 1.92 bits per heavy atom. The lowest BCUT2D eigenvalue weighted by Gasteiger charge is -2.09.